The van der Waals surface area contributed by atoms with E-state index in [1.165, 1.54) is 0 Å². The number of ether oxygens (including phenoxy) is 1. The third-order valence-corrected chi connectivity index (χ3v) is 5.21. The van der Waals surface area contributed by atoms with Crippen LogP contribution < -0.4 is 0 Å². The molecular formula is C25H21Cl2NO. The number of para-hydroxylation sites is 1. The van der Waals surface area contributed by atoms with Crippen LogP contribution in [0.15, 0.2) is 77.8 Å². The lowest BCUT2D eigenvalue weighted by atomic mass is 9.91. The number of hydrogen-bond acceptors (Lipinski definition) is 2. The highest BCUT2D eigenvalue weighted by atomic mass is 35.5. The topological polar surface area (TPSA) is 21.6 Å². The van der Waals surface area contributed by atoms with Crippen LogP contribution in [0, 0.1) is 5.41 Å². The Morgan fingerprint density at radius 1 is 0.759 bits per heavy atom. The molecule has 0 aliphatic carbocycles. The highest BCUT2D eigenvalue weighted by Gasteiger charge is 2.30. The average Bonchev–Trinajstić information content (AvgIpc) is 2.70. The van der Waals surface area contributed by atoms with Crippen molar-refractivity contribution in [2.24, 2.45) is 10.4 Å². The Kier molecular flexibility index (Phi) is 5.24. The Bertz CT molecular complexity index is 1060. The second kappa shape index (κ2) is 7.70. The van der Waals surface area contributed by atoms with Gasteiger partial charge in [0.15, 0.2) is 0 Å². The molecule has 0 spiro atoms. The molecule has 0 fully saturated rings. The van der Waals surface area contributed by atoms with Gasteiger partial charge in [-0.15, -0.1) is 0 Å². The molecule has 0 aromatic heterocycles. The lowest BCUT2D eigenvalue weighted by Crippen LogP contribution is -2.25. The minimum absolute atomic E-state index is 0.232. The molecule has 0 bridgehead atoms. The van der Waals surface area contributed by atoms with E-state index in [2.05, 4.69) is 20.8 Å². The van der Waals surface area contributed by atoms with E-state index in [4.69, 9.17) is 32.9 Å². The molecule has 146 valence electrons. The molecule has 0 radical (unpaired) electrons. The van der Waals surface area contributed by atoms with E-state index in [9.17, 15) is 0 Å². The van der Waals surface area contributed by atoms with Crippen molar-refractivity contribution in [1.29, 1.82) is 0 Å². The first kappa shape index (κ1) is 19.8. The standard InChI is InChI=1S/C25H21Cl2NO/c1-25(2,3)24-28-21-7-5-4-6-20(21)23(29-24)22(16-8-12-18(26)13-9-16)17-10-14-19(27)15-11-17/h4-15H,1-3H3. The second-order valence-electron chi connectivity index (χ2n) is 8.00. The first-order chi connectivity index (χ1) is 13.8. The molecule has 0 N–H and O–H groups in total. The summed E-state index contributed by atoms with van der Waals surface area (Å²) in [5, 5.41) is 1.38. The predicted molar refractivity (Wildman–Crippen MR) is 123 cm³/mol. The van der Waals surface area contributed by atoms with E-state index in [0.717, 1.165) is 33.7 Å². The smallest absolute Gasteiger partial charge is 0.200 e. The van der Waals surface area contributed by atoms with Crippen molar-refractivity contribution in [3.63, 3.8) is 0 Å². The molecule has 4 rings (SSSR count). The summed E-state index contributed by atoms with van der Waals surface area (Å²) in [6.07, 6.45) is 0. The van der Waals surface area contributed by atoms with Crippen molar-refractivity contribution in [2.45, 2.75) is 20.8 Å². The second-order valence-corrected chi connectivity index (χ2v) is 8.88. The van der Waals surface area contributed by atoms with E-state index in [1.54, 1.807) is 0 Å². The van der Waals surface area contributed by atoms with Gasteiger partial charge in [-0.3, -0.25) is 0 Å². The Morgan fingerprint density at radius 2 is 1.28 bits per heavy atom. The van der Waals surface area contributed by atoms with Crippen molar-refractivity contribution in [3.8, 4) is 0 Å². The number of aliphatic imine (C=N–C) groups is 1. The van der Waals surface area contributed by atoms with Gasteiger partial charge in [0.25, 0.3) is 0 Å². The monoisotopic (exact) mass is 421 g/mol. The SMILES string of the molecule is CC(C)(C)C1=Nc2ccccc2C(=C(c2ccc(Cl)cc2)c2ccc(Cl)cc2)O1. The fourth-order valence-electron chi connectivity index (χ4n) is 3.22. The highest BCUT2D eigenvalue weighted by molar-refractivity contribution is 6.31. The van der Waals surface area contributed by atoms with Gasteiger partial charge in [0.05, 0.1) is 5.69 Å². The average molecular weight is 422 g/mol. The van der Waals surface area contributed by atoms with Gasteiger partial charge in [-0.05, 0) is 47.5 Å². The zero-order valence-electron chi connectivity index (χ0n) is 16.5. The zero-order chi connectivity index (χ0) is 20.6. The van der Waals surface area contributed by atoms with Crippen LogP contribution in [0.25, 0.3) is 11.3 Å². The molecule has 3 aromatic rings. The van der Waals surface area contributed by atoms with Gasteiger partial charge in [-0.25, -0.2) is 4.99 Å². The highest BCUT2D eigenvalue weighted by Crippen LogP contribution is 2.42. The molecule has 1 aliphatic rings. The van der Waals surface area contributed by atoms with Gasteiger partial charge in [0.2, 0.25) is 5.90 Å². The third-order valence-electron chi connectivity index (χ3n) is 4.70. The molecular weight excluding hydrogens is 401 g/mol. The summed E-state index contributed by atoms with van der Waals surface area (Å²) in [6.45, 7) is 6.30. The number of nitrogens with zero attached hydrogens (tertiary/aromatic N) is 1. The fourth-order valence-corrected chi connectivity index (χ4v) is 3.47. The van der Waals surface area contributed by atoms with Gasteiger partial charge >= 0.3 is 0 Å². The minimum atomic E-state index is -0.232. The van der Waals surface area contributed by atoms with E-state index in [0.29, 0.717) is 15.9 Å². The number of hydrogen-bond donors (Lipinski definition) is 0. The van der Waals surface area contributed by atoms with Gasteiger partial charge in [0, 0.05) is 26.6 Å². The predicted octanol–water partition coefficient (Wildman–Crippen LogP) is 8.02. The molecule has 1 heterocycles. The van der Waals surface area contributed by atoms with Crippen LogP contribution in [0.3, 0.4) is 0 Å². The molecule has 0 saturated carbocycles. The number of rotatable bonds is 2. The summed E-state index contributed by atoms with van der Waals surface area (Å²) in [4.78, 5) is 4.78. The van der Waals surface area contributed by atoms with E-state index >= 15 is 0 Å². The number of fused-ring (bicyclic) bond motifs is 1. The summed E-state index contributed by atoms with van der Waals surface area (Å²) in [5.74, 6) is 1.47. The Hall–Kier alpha value is -2.55. The Morgan fingerprint density at radius 3 is 1.79 bits per heavy atom. The van der Waals surface area contributed by atoms with Crippen molar-refractivity contribution >= 4 is 46.1 Å². The van der Waals surface area contributed by atoms with Crippen molar-refractivity contribution in [1.82, 2.24) is 0 Å². The van der Waals surface area contributed by atoms with E-state index in [1.807, 2.05) is 72.8 Å². The quantitative estimate of drug-likeness (QED) is 0.410. The number of benzene rings is 3. The summed E-state index contributed by atoms with van der Waals surface area (Å²) < 4.78 is 6.47. The number of halogens is 2. The molecule has 4 heteroatoms. The van der Waals surface area contributed by atoms with E-state index < -0.39 is 0 Å². The van der Waals surface area contributed by atoms with Crippen molar-refractivity contribution in [3.05, 3.63) is 99.5 Å². The summed E-state index contributed by atoms with van der Waals surface area (Å²) in [6, 6.07) is 23.6. The molecule has 0 saturated heterocycles. The van der Waals surface area contributed by atoms with Crippen LogP contribution in [0.1, 0.15) is 37.5 Å². The largest absolute Gasteiger partial charge is 0.441 e. The van der Waals surface area contributed by atoms with Gasteiger partial charge in [-0.2, -0.15) is 0 Å². The lowest BCUT2D eigenvalue weighted by molar-refractivity contribution is 0.403. The molecule has 2 nitrogen and oxygen atoms in total. The van der Waals surface area contributed by atoms with Gasteiger partial charge in [0.1, 0.15) is 5.76 Å². The zero-order valence-corrected chi connectivity index (χ0v) is 18.1. The minimum Gasteiger partial charge on any atom is -0.441 e. The molecule has 3 aromatic carbocycles. The fraction of sp³-hybridized carbons (Fsp3) is 0.160. The summed E-state index contributed by atoms with van der Waals surface area (Å²) in [7, 11) is 0. The first-order valence-electron chi connectivity index (χ1n) is 9.45. The van der Waals surface area contributed by atoms with Crippen molar-refractivity contribution in [2.75, 3.05) is 0 Å². The van der Waals surface area contributed by atoms with Crippen LogP contribution in [-0.2, 0) is 4.74 Å². The molecule has 29 heavy (non-hydrogen) atoms. The summed E-state index contributed by atoms with van der Waals surface area (Å²) >= 11 is 12.3. The maximum atomic E-state index is 6.47. The maximum Gasteiger partial charge on any atom is 0.200 e. The van der Waals surface area contributed by atoms with Gasteiger partial charge < -0.3 is 4.74 Å². The summed E-state index contributed by atoms with van der Waals surface area (Å²) in [5.41, 5.74) is 4.62. The Labute approximate surface area is 181 Å². The Balaban J connectivity index is 2.03. The molecule has 0 unspecified atom stereocenters. The normalized spacial score (nSPS) is 13.4. The van der Waals surface area contributed by atoms with Crippen molar-refractivity contribution < 1.29 is 4.74 Å². The van der Waals surface area contributed by atoms with Crippen LogP contribution in [-0.4, -0.2) is 5.90 Å². The lowest BCUT2D eigenvalue weighted by Gasteiger charge is -2.29. The molecule has 1 aliphatic heterocycles. The van der Waals surface area contributed by atoms with Crippen LogP contribution in [0.2, 0.25) is 10.0 Å². The third kappa shape index (κ3) is 4.10. The molecule has 0 atom stereocenters. The maximum absolute atomic E-state index is 6.47. The molecule has 0 amide bonds. The van der Waals surface area contributed by atoms with Crippen LogP contribution >= 0.6 is 23.2 Å². The van der Waals surface area contributed by atoms with Crippen LogP contribution in [0.4, 0.5) is 5.69 Å². The van der Waals surface area contributed by atoms with Gasteiger partial charge in [-0.1, -0.05) is 80.4 Å². The van der Waals surface area contributed by atoms with Crippen LogP contribution in [0.5, 0.6) is 0 Å². The van der Waals surface area contributed by atoms with E-state index in [-0.39, 0.29) is 5.41 Å². The first-order valence-corrected chi connectivity index (χ1v) is 10.2.